The first-order valence-electron chi connectivity index (χ1n) is 7.48. The van der Waals surface area contributed by atoms with Crippen LogP contribution in [0.15, 0.2) is 54.7 Å². The van der Waals surface area contributed by atoms with Gasteiger partial charge in [0, 0.05) is 22.7 Å². The van der Waals surface area contributed by atoms with Crippen LogP contribution in [0.2, 0.25) is 0 Å². The van der Waals surface area contributed by atoms with E-state index in [1.807, 2.05) is 48.7 Å². The Bertz CT molecular complexity index is 913. The molecular formula is C18H15N3O2. The van der Waals surface area contributed by atoms with Crippen LogP contribution >= 0.6 is 0 Å². The van der Waals surface area contributed by atoms with E-state index in [0.717, 1.165) is 22.2 Å². The van der Waals surface area contributed by atoms with Gasteiger partial charge in [0.2, 0.25) is 5.91 Å². The van der Waals surface area contributed by atoms with Gasteiger partial charge < -0.3 is 15.6 Å². The molecule has 1 unspecified atom stereocenters. The van der Waals surface area contributed by atoms with Crippen LogP contribution in [0.3, 0.4) is 0 Å². The minimum Gasteiger partial charge on any atom is -0.361 e. The van der Waals surface area contributed by atoms with Crippen LogP contribution in [-0.2, 0) is 4.79 Å². The highest BCUT2D eigenvalue weighted by Crippen LogP contribution is 2.28. The van der Waals surface area contributed by atoms with Gasteiger partial charge >= 0.3 is 0 Å². The molecule has 0 saturated carbocycles. The fraction of sp³-hybridized carbons (Fsp3) is 0.111. The molecule has 0 aliphatic carbocycles. The summed E-state index contributed by atoms with van der Waals surface area (Å²) in [5.41, 5.74) is 3.28. The predicted molar refractivity (Wildman–Crippen MR) is 88.2 cm³/mol. The maximum atomic E-state index is 12.4. The van der Waals surface area contributed by atoms with Crippen molar-refractivity contribution in [3.63, 3.8) is 0 Å². The molecule has 114 valence electrons. The van der Waals surface area contributed by atoms with Gasteiger partial charge in [0.15, 0.2) is 0 Å². The zero-order valence-electron chi connectivity index (χ0n) is 12.3. The van der Waals surface area contributed by atoms with Gasteiger partial charge in [-0.2, -0.15) is 0 Å². The highest BCUT2D eigenvalue weighted by molar-refractivity contribution is 6.03. The third kappa shape index (κ3) is 2.36. The maximum absolute atomic E-state index is 12.4. The molecule has 5 nitrogen and oxygen atoms in total. The van der Waals surface area contributed by atoms with Crippen molar-refractivity contribution in [3.8, 4) is 0 Å². The summed E-state index contributed by atoms with van der Waals surface area (Å²) in [6.45, 7) is 0. The molecule has 3 N–H and O–H groups in total. The van der Waals surface area contributed by atoms with Crippen LogP contribution < -0.4 is 10.6 Å². The Labute approximate surface area is 132 Å². The molecule has 2 aromatic carbocycles. The average Bonchev–Trinajstić information content (AvgIpc) is 3.14. The topological polar surface area (TPSA) is 74.0 Å². The number of carbonyl (C=O) groups is 2. The van der Waals surface area contributed by atoms with Gasteiger partial charge in [-0.1, -0.05) is 24.3 Å². The smallest absolute Gasteiger partial charge is 0.252 e. The number of anilines is 1. The number of fused-ring (bicyclic) bond motifs is 2. The lowest BCUT2D eigenvalue weighted by atomic mass is 10.0. The number of H-pyrrole nitrogens is 1. The lowest BCUT2D eigenvalue weighted by Gasteiger charge is -2.12. The van der Waals surface area contributed by atoms with E-state index in [0.29, 0.717) is 5.56 Å². The van der Waals surface area contributed by atoms with Crippen molar-refractivity contribution in [2.24, 2.45) is 0 Å². The number of amides is 2. The Morgan fingerprint density at radius 1 is 1.09 bits per heavy atom. The molecule has 3 aromatic rings. The first-order valence-corrected chi connectivity index (χ1v) is 7.48. The van der Waals surface area contributed by atoms with E-state index in [4.69, 9.17) is 0 Å². The molecule has 1 aromatic heterocycles. The van der Waals surface area contributed by atoms with E-state index in [1.54, 1.807) is 6.07 Å². The number of rotatable bonds is 3. The number of hydrogen-bond acceptors (Lipinski definition) is 2. The van der Waals surface area contributed by atoms with Gasteiger partial charge in [0.1, 0.15) is 0 Å². The molecular weight excluding hydrogens is 290 g/mol. The van der Waals surface area contributed by atoms with Crippen molar-refractivity contribution >= 4 is 28.4 Å². The summed E-state index contributed by atoms with van der Waals surface area (Å²) >= 11 is 0. The number of aromatic amines is 1. The van der Waals surface area contributed by atoms with E-state index >= 15 is 0 Å². The van der Waals surface area contributed by atoms with Crippen molar-refractivity contribution in [3.05, 3.63) is 65.9 Å². The summed E-state index contributed by atoms with van der Waals surface area (Å²) in [6, 6.07) is 14.7. The molecule has 1 atom stereocenters. The van der Waals surface area contributed by atoms with Crippen LogP contribution in [0.1, 0.15) is 28.4 Å². The quantitative estimate of drug-likeness (QED) is 0.696. The van der Waals surface area contributed by atoms with E-state index in [9.17, 15) is 9.59 Å². The summed E-state index contributed by atoms with van der Waals surface area (Å²) in [4.78, 5) is 27.4. The van der Waals surface area contributed by atoms with Gasteiger partial charge in [0.25, 0.3) is 5.91 Å². The Morgan fingerprint density at radius 3 is 2.87 bits per heavy atom. The monoisotopic (exact) mass is 305 g/mol. The van der Waals surface area contributed by atoms with Gasteiger partial charge in [-0.3, -0.25) is 9.59 Å². The molecule has 0 saturated heterocycles. The number of benzene rings is 2. The molecule has 2 amide bonds. The Hall–Kier alpha value is -3.08. The number of carbonyl (C=O) groups excluding carboxylic acids is 2. The molecule has 1 aliphatic heterocycles. The van der Waals surface area contributed by atoms with Gasteiger partial charge in [-0.15, -0.1) is 0 Å². The average molecular weight is 305 g/mol. The zero-order valence-corrected chi connectivity index (χ0v) is 12.3. The van der Waals surface area contributed by atoms with Crippen LogP contribution in [0.4, 0.5) is 5.69 Å². The fourth-order valence-corrected chi connectivity index (χ4v) is 3.06. The van der Waals surface area contributed by atoms with Crippen molar-refractivity contribution in [2.75, 3.05) is 5.32 Å². The summed E-state index contributed by atoms with van der Waals surface area (Å²) in [6.07, 6.45) is 2.05. The van der Waals surface area contributed by atoms with Crippen LogP contribution in [-0.4, -0.2) is 16.8 Å². The minimum absolute atomic E-state index is 0.119. The molecule has 0 spiro atoms. The minimum atomic E-state index is -0.274. The normalized spacial score (nSPS) is 16.2. The van der Waals surface area contributed by atoms with E-state index in [2.05, 4.69) is 15.6 Å². The standard InChI is InChI=1S/C18H15N3O2/c22-17(20-15-7-3-6-14-13(15)8-9-19-14)10-16-11-4-1-2-5-12(11)18(23)21-16/h1-9,16,19H,10H2,(H,20,22)(H,21,23). The van der Waals surface area contributed by atoms with Gasteiger partial charge in [-0.05, 0) is 29.8 Å². The fourth-order valence-electron chi connectivity index (χ4n) is 3.06. The zero-order chi connectivity index (χ0) is 15.8. The van der Waals surface area contributed by atoms with Crippen molar-refractivity contribution in [1.82, 2.24) is 10.3 Å². The molecule has 23 heavy (non-hydrogen) atoms. The second-order valence-corrected chi connectivity index (χ2v) is 5.61. The molecule has 0 radical (unpaired) electrons. The molecule has 5 heteroatoms. The molecule has 1 aliphatic rings. The van der Waals surface area contributed by atoms with E-state index in [-0.39, 0.29) is 24.3 Å². The van der Waals surface area contributed by atoms with Crippen LogP contribution in [0.5, 0.6) is 0 Å². The SMILES string of the molecule is O=C(CC1NC(=O)c2ccccc21)Nc1cccc2[nH]ccc12. The van der Waals surface area contributed by atoms with Crippen LogP contribution in [0, 0.1) is 0 Å². The second-order valence-electron chi connectivity index (χ2n) is 5.61. The summed E-state index contributed by atoms with van der Waals surface area (Å²) in [7, 11) is 0. The van der Waals surface area contributed by atoms with Crippen molar-refractivity contribution in [2.45, 2.75) is 12.5 Å². The van der Waals surface area contributed by atoms with Crippen molar-refractivity contribution in [1.29, 1.82) is 0 Å². The Kier molecular flexibility index (Phi) is 3.12. The maximum Gasteiger partial charge on any atom is 0.252 e. The first kappa shape index (κ1) is 13.6. The molecule has 2 heterocycles. The lowest BCUT2D eigenvalue weighted by Crippen LogP contribution is -2.24. The number of aromatic nitrogens is 1. The Balaban J connectivity index is 1.53. The summed E-state index contributed by atoms with van der Waals surface area (Å²) in [5, 5.41) is 6.76. The second kappa shape index (κ2) is 5.28. The molecule has 0 fully saturated rings. The van der Waals surface area contributed by atoms with E-state index in [1.165, 1.54) is 0 Å². The molecule has 4 rings (SSSR count). The molecule has 0 bridgehead atoms. The number of nitrogens with one attached hydrogen (secondary N) is 3. The first-order chi connectivity index (χ1) is 11.2. The highest BCUT2D eigenvalue weighted by atomic mass is 16.2. The van der Waals surface area contributed by atoms with E-state index < -0.39 is 0 Å². The number of hydrogen-bond donors (Lipinski definition) is 3. The summed E-state index contributed by atoms with van der Waals surface area (Å²) in [5.74, 6) is -0.244. The lowest BCUT2D eigenvalue weighted by molar-refractivity contribution is -0.116. The van der Waals surface area contributed by atoms with Crippen LogP contribution in [0.25, 0.3) is 10.9 Å². The Morgan fingerprint density at radius 2 is 1.96 bits per heavy atom. The van der Waals surface area contributed by atoms with Crippen molar-refractivity contribution < 1.29 is 9.59 Å². The third-order valence-corrected chi connectivity index (χ3v) is 4.14. The van der Waals surface area contributed by atoms with Gasteiger partial charge in [-0.25, -0.2) is 0 Å². The largest absolute Gasteiger partial charge is 0.361 e. The highest BCUT2D eigenvalue weighted by Gasteiger charge is 2.29. The predicted octanol–water partition coefficient (Wildman–Crippen LogP) is 2.98. The summed E-state index contributed by atoms with van der Waals surface area (Å²) < 4.78 is 0. The third-order valence-electron chi connectivity index (χ3n) is 4.14. The van der Waals surface area contributed by atoms with Gasteiger partial charge in [0.05, 0.1) is 18.2 Å².